The predicted octanol–water partition coefficient (Wildman–Crippen LogP) is 4.42. The summed E-state index contributed by atoms with van der Waals surface area (Å²) >= 11 is 0. The van der Waals surface area contributed by atoms with Crippen LogP contribution in [0.25, 0.3) is 0 Å². The van der Waals surface area contributed by atoms with Crippen LogP contribution in [0.15, 0.2) is 91.0 Å². The summed E-state index contributed by atoms with van der Waals surface area (Å²) in [5.74, 6) is -1.13. The Morgan fingerprint density at radius 3 is 1.80 bits per heavy atom. The van der Waals surface area contributed by atoms with Gasteiger partial charge < -0.3 is 10.1 Å². The van der Waals surface area contributed by atoms with E-state index >= 15 is 0 Å². The van der Waals surface area contributed by atoms with Crippen molar-refractivity contribution in [1.29, 1.82) is 0 Å². The molecule has 0 heterocycles. The van der Waals surface area contributed by atoms with Crippen LogP contribution in [0, 0.1) is 0 Å². The SMILES string of the molecule is CC(=O)N[C@H](CC(=O)O[C@H](C(=O)c1ccccc1)c1ccccc1)c1ccccc1. The number of nitrogens with one attached hydrogen (secondary N) is 1. The lowest BCUT2D eigenvalue weighted by molar-refractivity contribution is -0.148. The van der Waals surface area contributed by atoms with Crippen LogP contribution in [0.1, 0.15) is 47.0 Å². The van der Waals surface area contributed by atoms with Crippen molar-refractivity contribution in [2.45, 2.75) is 25.5 Å². The molecule has 0 radical (unpaired) electrons. The maximum Gasteiger partial charge on any atom is 0.309 e. The van der Waals surface area contributed by atoms with E-state index in [-0.39, 0.29) is 18.1 Å². The molecular weight excluding hydrogens is 378 g/mol. The Labute approximate surface area is 175 Å². The summed E-state index contributed by atoms with van der Waals surface area (Å²) in [5.41, 5.74) is 1.84. The Morgan fingerprint density at radius 1 is 0.767 bits per heavy atom. The van der Waals surface area contributed by atoms with Crippen molar-refractivity contribution in [3.63, 3.8) is 0 Å². The van der Waals surface area contributed by atoms with Crippen molar-refractivity contribution in [2.24, 2.45) is 0 Å². The molecule has 3 aromatic carbocycles. The lowest BCUT2D eigenvalue weighted by atomic mass is 9.99. The van der Waals surface area contributed by atoms with Crippen LogP contribution in [-0.2, 0) is 14.3 Å². The molecule has 0 aliphatic carbocycles. The average molecular weight is 401 g/mol. The fraction of sp³-hybridized carbons (Fsp3) is 0.160. The molecule has 1 amide bonds. The highest BCUT2D eigenvalue weighted by atomic mass is 16.5. The minimum Gasteiger partial charge on any atom is -0.449 e. The van der Waals surface area contributed by atoms with Crippen molar-refractivity contribution in [1.82, 2.24) is 5.32 Å². The minimum atomic E-state index is -1.06. The molecule has 0 aliphatic heterocycles. The van der Waals surface area contributed by atoms with Gasteiger partial charge in [0.15, 0.2) is 6.10 Å². The lowest BCUT2D eigenvalue weighted by Crippen LogP contribution is -2.29. The molecule has 5 nitrogen and oxygen atoms in total. The van der Waals surface area contributed by atoms with Gasteiger partial charge in [-0.1, -0.05) is 91.0 Å². The molecule has 3 rings (SSSR count). The first-order chi connectivity index (χ1) is 14.5. The Kier molecular flexibility index (Phi) is 7.11. The monoisotopic (exact) mass is 401 g/mol. The van der Waals surface area contributed by atoms with E-state index in [2.05, 4.69) is 5.32 Å². The van der Waals surface area contributed by atoms with Crippen molar-refractivity contribution in [3.8, 4) is 0 Å². The third-order valence-corrected chi connectivity index (χ3v) is 4.60. The molecule has 0 spiro atoms. The van der Waals surface area contributed by atoms with Crippen LogP contribution in [0.4, 0.5) is 0 Å². The topological polar surface area (TPSA) is 72.5 Å². The molecule has 0 fully saturated rings. The molecule has 0 saturated carbocycles. The molecule has 5 heteroatoms. The number of carbonyl (C=O) groups excluding carboxylic acids is 3. The van der Waals surface area contributed by atoms with Gasteiger partial charge in [-0.15, -0.1) is 0 Å². The largest absolute Gasteiger partial charge is 0.449 e. The first kappa shape index (κ1) is 21.0. The first-order valence-electron chi connectivity index (χ1n) is 9.70. The zero-order valence-electron chi connectivity index (χ0n) is 16.7. The Bertz CT molecular complexity index is 987. The van der Waals surface area contributed by atoms with E-state index in [4.69, 9.17) is 4.74 Å². The van der Waals surface area contributed by atoms with Crippen LogP contribution in [0.5, 0.6) is 0 Å². The molecule has 0 saturated heterocycles. The van der Waals surface area contributed by atoms with Crippen molar-refractivity contribution < 1.29 is 19.1 Å². The van der Waals surface area contributed by atoms with Gasteiger partial charge in [0.05, 0.1) is 12.5 Å². The van der Waals surface area contributed by atoms with Crippen LogP contribution in [-0.4, -0.2) is 17.7 Å². The van der Waals surface area contributed by atoms with E-state index in [1.807, 2.05) is 42.5 Å². The second-order valence-corrected chi connectivity index (χ2v) is 6.88. The second-order valence-electron chi connectivity index (χ2n) is 6.88. The fourth-order valence-electron chi connectivity index (χ4n) is 3.18. The number of rotatable bonds is 8. The molecule has 30 heavy (non-hydrogen) atoms. The van der Waals surface area contributed by atoms with Crippen molar-refractivity contribution in [2.75, 3.05) is 0 Å². The van der Waals surface area contributed by atoms with E-state index in [1.165, 1.54) is 6.92 Å². The number of hydrogen-bond donors (Lipinski definition) is 1. The number of hydrogen-bond acceptors (Lipinski definition) is 4. The van der Waals surface area contributed by atoms with Crippen molar-refractivity contribution in [3.05, 3.63) is 108 Å². The van der Waals surface area contributed by atoms with E-state index < -0.39 is 18.1 Å². The summed E-state index contributed by atoms with van der Waals surface area (Å²) in [4.78, 5) is 37.5. The summed E-state index contributed by atoms with van der Waals surface area (Å²) in [5, 5.41) is 2.78. The highest BCUT2D eigenvalue weighted by Gasteiger charge is 2.27. The number of Topliss-reactive ketones (excluding diaryl/α,β-unsaturated/α-hetero) is 1. The zero-order valence-corrected chi connectivity index (χ0v) is 16.7. The van der Waals surface area contributed by atoms with Crippen LogP contribution in [0.3, 0.4) is 0 Å². The molecule has 152 valence electrons. The van der Waals surface area contributed by atoms with Gasteiger partial charge in [0.2, 0.25) is 11.7 Å². The Balaban J connectivity index is 1.82. The number of amides is 1. The summed E-state index contributed by atoms with van der Waals surface area (Å²) in [6, 6.07) is 26.3. The Hall–Kier alpha value is -3.73. The van der Waals surface area contributed by atoms with E-state index in [1.54, 1.807) is 48.5 Å². The minimum absolute atomic E-state index is 0.0883. The number of ether oxygens (including phenoxy) is 1. The number of esters is 1. The molecular formula is C25H23NO4. The zero-order chi connectivity index (χ0) is 21.3. The van der Waals surface area contributed by atoms with Gasteiger partial charge in [-0.2, -0.15) is 0 Å². The van der Waals surface area contributed by atoms with E-state index in [0.717, 1.165) is 5.56 Å². The lowest BCUT2D eigenvalue weighted by Gasteiger charge is -2.21. The summed E-state index contributed by atoms with van der Waals surface area (Å²) in [6.45, 7) is 1.40. The molecule has 0 aromatic heterocycles. The molecule has 3 aromatic rings. The summed E-state index contributed by atoms with van der Waals surface area (Å²) in [6.07, 6.45) is -1.15. The third-order valence-electron chi connectivity index (χ3n) is 4.60. The maximum absolute atomic E-state index is 13.1. The second kappa shape index (κ2) is 10.2. The predicted molar refractivity (Wildman–Crippen MR) is 114 cm³/mol. The fourth-order valence-corrected chi connectivity index (χ4v) is 3.18. The van der Waals surface area contributed by atoms with Crippen LogP contribution < -0.4 is 5.32 Å². The molecule has 2 atom stereocenters. The number of carbonyl (C=O) groups is 3. The van der Waals surface area contributed by atoms with Gasteiger partial charge in [0.1, 0.15) is 0 Å². The van der Waals surface area contributed by atoms with E-state index in [0.29, 0.717) is 11.1 Å². The molecule has 0 unspecified atom stereocenters. The Morgan fingerprint density at radius 2 is 1.27 bits per heavy atom. The van der Waals surface area contributed by atoms with Gasteiger partial charge >= 0.3 is 5.97 Å². The van der Waals surface area contributed by atoms with Gasteiger partial charge in [0, 0.05) is 18.1 Å². The molecule has 0 bridgehead atoms. The normalized spacial score (nSPS) is 12.4. The van der Waals surface area contributed by atoms with Gasteiger partial charge in [-0.05, 0) is 5.56 Å². The van der Waals surface area contributed by atoms with Crippen LogP contribution in [0.2, 0.25) is 0 Å². The van der Waals surface area contributed by atoms with Crippen molar-refractivity contribution >= 4 is 17.7 Å². The van der Waals surface area contributed by atoms with Gasteiger partial charge in [-0.3, -0.25) is 14.4 Å². The van der Waals surface area contributed by atoms with Gasteiger partial charge in [0.25, 0.3) is 0 Å². The highest BCUT2D eigenvalue weighted by molar-refractivity contribution is 6.01. The molecule has 0 aliphatic rings. The third kappa shape index (κ3) is 5.64. The average Bonchev–Trinajstić information content (AvgIpc) is 2.78. The highest BCUT2D eigenvalue weighted by Crippen LogP contribution is 2.25. The summed E-state index contributed by atoms with van der Waals surface area (Å²) in [7, 11) is 0. The standard InChI is InChI=1S/C25H23NO4/c1-18(27)26-22(19-11-5-2-6-12-19)17-23(28)30-25(21-15-9-4-10-16-21)24(29)20-13-7-3-8-14-20/h2-16,22,25H,17H2,1H3,(H,26,27)/t22-,25+/m1/s1. The molecule has 1 N–H and O–H groups in total. The smallest absolute Gasteiger partial charge is 0.309 e. The van der Waals surface area contributed by atoms with Crippen LogP contribution >= 0.6 is 0 Å². The number of benzene rings is 3. The quantitative estimate of drug-likeness (QED) is 0.448. The maximum atomic E-state index is 13.1. The van der Waals surface area contributed by atoms with E-state index in [9.17, 15) is 14.4 Å². The first-order valence-corrected chi connectivity index (χ1v) is 9.70. The number of ketones is 1. The summed E-state index contributed by atoms with van der Waals surface area (Å²) < 4.78 is 5.65. The van der Waals surface area contributed by atoms with Gasteiger partial charge in [-0.25, -0.2) is 0 Å².